The molecule has 0 saturated carbocycles. The van der Waals surface area contributed by atoms with E-state index in [4.69, 9.17) is 4.74 Å². The summed E-state index contributed by atoms with van der Waals surface area (Å²) in [4.78, 5) is 12.0. The molecule has 0 aliphatic rings. The number of rotatable bonds is 7. The van der Waals surface area contributed by atoms with Crippen LogP contribution in [0.3, 0.4) is 0 Å². The topological polar surface area (TPSA) is 56.1 Å². The van der Waals surface area contributed by atoms with E-state index in [-0.39, 0.29) is 0 Å². The highest BCUT2D eigenvalue weighted by molar-refractivity contribution is 5.70. The van der Waals surface area contributed by atoms with Crippen molar-refractivity contribution in [3.05, 3.63) is 78.1 Å². The van der Waals surface area contributed by atoms with Crippen LogP contribution in [0, 0.1) is 6.92 Å². The normalized spacial score (nSPS) is 10.5. The Kier molecular flexibility index (Phi) is 6.04. The molecule has 0 bridgehead atoms. The third-order valence-corrected chi connectivity index (χ3v) is 4.17. The maximum Gasteiger partial charge on any atom is 0.412 e. The first-order valence-corrected chi connectivity index (χ1v) is 8.83. The third-order valence-electron chi connectivity index (χ3n) is 4.17. The van der Waals surface area contributed by atoms with Crippen LogP contribution in [0.25, 0.3) is 5.69 Å². The second kappa shape index (κ2) is 8.85. The molecule has 0 radical (unpaired) electrons. The van der Waals surface area contributed by atoms with Crippen molar-refractivity contribution in [2.45, 2.75) is 26.2 Å². The first-order chi connectivity index (χ1) is 12.7. The molecule has 5 heteroatoms. The zero-order valence-corrected chi connectivity index (χ0v) is 14.9. The lowest BCUT2D eigenvalue weighted by molar-refractivity contribution is 0.200. The first-order valence-electron chi connectivity index (χ1n) is 8.83. The molecule has 2 aromatic carbocycles. The minimum Gasteiger partial charge on any atom is -0.407 e. The van der Waals surface area contributed by atoms with Crippen LogP contribution in [0.2, 0.25) is 0 Å². The molecule has 0 atom stereocenters. The van der Waals surface area contributed by atoms with Gasteiger partial charge in [-0.15, -0.1) is 0 Å². The second-order valence-corrected chi connectivity index (χ2v) is 6.10. The molecule has 0 unspecified atom stereocenters. The molecule has 26 heavy (non-hydrogen) atoms. The number of aromatic nitrogens is 2. The number of amides is 1. The Morgan fingerprint density at radius 2 is 1.73 bits per heavy atom. The molecular weight excluding hydrogens is 326 g/mol. The van der Waals surface area contributed by atoms with Crippen LogP contribution in [-0.4, -0.2) is 22.4 Å². The van der Waals surface area contributed by atoms with Gasteiger partial charge in [-0.05, 0) is 43.9 Å². The zero-order chi connectivity index (χ0) is 18.2. The summed E-state index contributed by atoms with van der Waals surface area (Å²) in [6.07, 6.45) is 4.07. The molecule has 1 amide bonds. The number of nitrogens with one attached hydrogen (secondary N) is 1. The van der Waals surface area contributed by atoms with Gasteiger partial charge in [0.25, 0.3) is 0 Å². The van der Waals surface area contributed by atoms with Crippen molar-refractivity contribution >= 4 is 6.09 Å². The number of ether oxygens (including phenoxy) is 1. The van der Waals surface area contributed by atoms with Gasteiger partial charge >= 0.3 is 6.09 Å². The molecule has 0 aliphatic heterocycles. The number of para-hydroxylation sites is 1. The molecule has 1 N–H and O–H groups in total. The minimum atomic E-state index is -0.444. The van der Waals surface area contributed by atoms with Gasteiger partial charge in [-0.3, -0.25) is 0 Å². The predicted molar refractivity (Wildman–Crippen MR) is 102 cm³/mol. The number of hydrogen-bond donors (Lipinski definition) is 1. The van der Waals surface area contributed by atoms with Gasteiger partial charge in [0, 0.05) is 6.54 Å². The quantitative estimate of drug-likeness (QED) is 0.647. The fourth-order valence-electron chi connectivity index (χ4n) is 2.75. The van der Waals surface area contributed by atoms with E-state index in [1.54, 1.807) is 10.9 Å². The highest BCUT2D eigenvalue weighted by Gasteiger charge is 2.12. The van der Waals surface area contributed by atoms with Crippen molar-refractivity contribution in [2.75, 3.05) is 6.54 Å². The van der Waals surface area contributed by atoms with Gasteiger partial charge < -0.3 is 10.1 Å². The highest BCUT2D eigenvalue weighted by Crippen LogP contribution is 2.20. The lowest BCUT2D eigenvalue weighted by Gasteiger charge is -2.07. The lowest BCUT2D eigenvalue weighted by atomic mass is 10.1. The number of nitrogens with zero attached hydrogens (tertiary/aromatic N) is 2. The largest absolute Gasteiger partial charge is 0.412 e. The van der Waals surface area contributed by atoms with Crippen LogP contribution < -0.4 is 10.1 Å². The average molecular weight is 349 g/mol. The van der Waals surface area contributed by atoms with Crippen LogP contribution in [0.4, 0.5) is 4.79 Å². The summed E-state index contributed by atoms with van der Waals surface area (Å²) >= 11 is 0. The van der Waals surface area contributed by atoms with Crippen LogP contribution >= 0.6 is 0 Å². The van der Waals surface area contributed by atoms with Crippen molar-refractivity contribution in [3.8, 4) is 11.4 Å². The van der Waals surface area contributed by atoms with Crippen molar-refractivity contribution in [2.24, 2.45) is 0 Å². The molecule has 1 heterocycles. The fraction of sp³-hybridized carbons (Fsp3) is 0.238. The Balaban J connectivity index is 1.43. The number of carbonyl (C=O) groups is 1. The van der Waals surface area contributed by atoms with Crippen LogP contribution in [0.15, 0.2) is 66.9 Å². The van der Waals surface area contributed by atoms with Gasteiger partial charge in [-0.2, -0.15) is 5.10 Å². The molecule has 3 aromatic rings. The van der Waals surface area contributed by atoms with E-state index < -0.39 is 6.09 Å². The number of hydrogen-bond acceptors (Lipinski definition) is 3. The Morgan fingerprint density at radius 3 is 2.46 bits per heavy atom. The SMILES string of the molecule is Cc1c(OC(=O)NCCCCc2ccccc2)cnn1-c1ccccc1. The van der Waals surface area contributed by atoms with E-state index in [0.717, 1.165) is 30.6 Å². The number of aryl methyl sites for hydroxylation is 1. The maximum atomic E-state index is 12.0. The highest BCUT2D eigenvalue weighted by atomic mass is 16.6. The molecule has 0 fully saturated rings. The molecule has 1 aromatic heterocycles. The van der Waals surface area contributed by atoms with E-state index in [1.165, 1.54) is 5.56 Å². The van der Waals surface area contributed by atoms with Crippen LogP contribution in [-0.2, 0) is 6.42 Å². The standard InChI is InChI=1S/C21H23N3O2/c1-17-20(16-23-24(17)19-13-6-3-7-14-19)26-21(25)22-15-9-8-12-18-10-4-2-5-11-18/h2-7,10-11,13-14,16H,8-9,12,15H2,1H3,(H,22,25). The van der Waals surface area contributed by atoms with Gasteiger partial charge in [-0.25, -0.2) is 9.48 Å². The molecule has 0 spiro atoms. The Hall–Kier alpha value is -3.08. The van der Waals surface area contributed by atoms with E-state index in [1.807, 2.05) is 55.5 Å². The van der Waals surface area contributed by atoms with E-state index in [2.05, 4.69) is 22.5 Å². The van der Waals surface area contributed by atoms with E-state index in [9.17, 15) is 4.79 Å². The maximum absolute atomic E-state index is 12.0. The number of benzene rings is 2. The van der Waals surface area contributed by atoms with Crippen LogP contribution in [0.1, 0.15) is 24.1 Å². The Labute approximate surface area is 153 Å². The van der Waals surface area contributed by atoms with Gasteiger partial charge in [0.05, 0.1) is 17.6 Å². The molecule has 5 nitrogen and oxygen atoms in total. The molecule has 134 valence electrons. The third kappa shape index (κ3) is 4.72. The second-order valence-electron chi connectivity index (χ2n) is 6.10. The average Bonchev–Trinajstić information content (AvgIpc) is 3.03. The molecule has 0 saturated heterocycles. The van der Waals surface area contributed by atoms with Gasteiger partial charge in [0.15, 0.2) is 5.75 Å². The Morgan fingerprint density at radius 1 is 1.04 bits per heavy atom. The summed E-state index contributed by atoms with van der Waals surface area (Å²) in [6.45, 7) is 2.47. The van der Waals surface area contributed by atoms with Gasteiger partial charge in [0.2, 0.25) is 0 Å². The monoisotopic (exact) mass is 349 g/mol. The molecule has 3 rings (SSSR count). The van der Waals surface area contributed by atoms with Crippen molar-refractivity contribution in [3.63, 3.8) is 0 Å². The van der Waals surface area contributed by atoms with Crippen molar-refractivity contribution in [1.82, 2.24) is 15.1 Å². The van der Waals surface area contributed by atoms with Gasteiger partial charge in [0.1, 0.15) is 0 Å². The van der Waals surface area contributed by atoms with E-state index >= 15 is 0 Å². The van der Waals surface area contributed by atoms with Gasteiger partial charge in [-0.1, -0.05) is 48.5 Å². The molecular formula is C21H23N3O2. The minimum absolute atomic E-state index is 0.444. The van der Waals surface area contributed by atoms with E-state index in [0.29, 0.717) is 12.3 Å². The summed E-state index contributed by atoms with van der Waals surface area (Å²) in [5.41, 5.74) is 3.04. The predicted octanol–water partition coefficient (Wildman–Crippen LogP) is 4.29. The number of carbonyl (C=O) groups excluding carboxylic acids is 1. The Bertz CT molecular complexity index is 829. The fourth-order valence-corrected chi connectivity index (χ4v) is 2.75. The summed E-state index contributed by atoms with van der Waals surface area (Å²) in [7, 11) is 0. The lowest BCUT2D eigenvalue weighted by Crippen LogP contribution is -2.27. The summed E-state index contributed by atoms with van der Waals surface area (Å²) in [6, 6.07) is 20.1. The number of unbranched alkanes of at least 4 members (excludes halogenated alkanes) is 1. The van der Waals surface area contributed by atoms with Crippen molar-refractivity contribution < 1.29 is 9.53 Å². The zero-order valence-electron chi connectivity index (χ0n) is 14.9. The molecule has 0 aliphatic carbocycles. The smallest absolute Gasteiger partial charge is 0.407 e. The summed E-state index contributed by atoms with van der Waals surface area (Å²) < 4.78 is 7.13. The summed E-state index contributed by atoms with van der Waals surface area (Å²) in [5, 5.41) is 7.09. The summed E-state index contributed by atoms with van der Waals surface area (Å²) in [5.74, 6) is 0.468. The first kappa shape index (κ1) is 17.7. The van der Waals surface area contributed by atoms with Crippen LogP contribution in [0.5, 0.6) is 5.75 Å². The van der Waals surface area contributed by atoms with Crippen molar-refractivity contribution in [1.29, 1.82) is 0 Å².